The first-order valence-corrected chi connectivity index (χ1v) is 6.93. The summed E-state index contributed by atoms with van der Waals surface area (Å²) in [6.45, 7) is 1.91. The standard InChI is InChI=1S/C17H19N3O/c1-14(12-13-15-8-4-2-5-9-15)19-20-17(21)18-16-10-6-3-7-11-16/h2-11H,12-13H2,1H3,(H2,18,20,21)/b19-14-. The van der Waals surface area contributed by atoms with Crippen molar-refractivity contribution < 1.29 is 4.79 Å². The molecule has 2 aromatic rings. The van der Waals surface area contributed by atoms with Gasteiger partial charge in [-0.3, -0.25) is 0 Å². The zero-order valence-corrected chi connectivity index (χ0v) is 12.0. The average molecular weight is 281 g/mol. The number of carbonyl (C=O) groups excluding carboxylic acids is 1. The second-order valence-corrected chi connectivity index (χ2v) is 4.76. The number of rotatable bonds is 5. The number of benzene rings is 2. The number of aryl methyl sites for hydroxylation is 1. The first-order valence-electron chi connectivity index (χ1n) is 6.93. The van der Waals surface area contributed by atoms with Crippen LogP contribution in [0.15, 0.2) is 65.8 Å². The summed E-state index contributed by atoms with van der Waals surface area (Å²) in [6, 6.07) is 19.2. The normalized spacial score (nSPS) is 11.0. The Hall–Kier alpha value is -2.62. The lowest BCUT2D eigenvalue weighted by Crippen LogP contribution is -2.25. The quantitative estimate of drug-likeness (QED) is 0.635. The molecule has 0 fully saturated rings. The summed E-state index contributed by atoms with van der Waals surface area (Å²) in [5.41, 5.74) is 5.40. The Morgan fingerprint density at radius 1 is 1.00 bits per heavy atom. The number of urea groups is 1. The van der Waals surface area contributed by atoms with E-state index >= 15 is 0 Å². The molecule has 2 aromatic carbocycles. The van der Waals surface area contributed by atoms with Crippen LogP contribution in [0.3, 0.4) is 0 Å². The van der Waals surface area contributed by atoms with Crippen molar-refractivity contribution in [3.05, 3.63) is 66.2 Å². The first kappa shape index (κ1) is 14.8. The van der Waals surface area contributed by atoms with E-state index in [1.54, 1.807) is 0 Å². The smallest absolute Gasteiger partial charge is 0.307 e. The van der Waals surface area contributed by atoms with Gasteiger partial charge in [-0.2, -0.15) is 5.10 Å². The number of nitrogens with zero attached hydrogens (tertiary/aromatic N) is 1. The molecule has 0 aliphatic rings. The molecular formula is C17H19N3O. The molecule has 0 radical (unpaired) electrons. The third-order valence-corrected chi connectivity index (χ3v) is 3.00. The van der Waals surface area contributed by atoms with Crippen LogP contribution in [-0.4, -0.2) is 11.7 Å². The largest absolute Gasteiger partial charge is 0.339 e. The Kier molecular flexibility index (Phi) is 5.52. The minimum Gasteiger partial charge on any atom is -0.307 e. The fourth-order valence-corrected chi connectivity index (χ4v) is 1.85. The molecule has 0 saturated carbocycles. The molecule has 4 heteroatoms. The van der Waals surface area contributed by atoms with E-state index in [0.29, 0.717) is 0 Å². The van der Waals surface area contributed by atoms with Gasteiger partial charge in [0.25, 0.3) is 0 Å². The van der Waals surface area contributed by atoms with Gasteiger partial charge in [0.05, 0.1) is 0 Å². The molecule has 0 aliphatic carbocycles. The topological polar surface area (TPSA) is 53.5 Å². The van der Waals surface area contributed by atoms with Crippen LogP contribution in [0, 0.1) is 0 Å². The third kappa shape index (κ3) is 5.48. The molecule has 4 nitrogen and oxygen atoms in total. The van der Waals surface area contributed by atoms with E-state index in [9.17, 15) is 4.79 Å². The maximum Gasteiger partial charge on any atom is 0.339 e. The lowest BCUT2D eigenvalue weighted by atomic mass is 10.1. The van der Waals surface area contributed by atoms with Crippen LogP contribution in [0.1, 0.15) is 18.9 Å². The summed E-state index contributed by atoms with van der Waals surface area (Å²) in [4.78, 5) is 11.7. The minimum absolute atomic E-state index is 0.333. The van der Waals surface area contributed by atoms with Crippen molar-refractivity contribution in [1.29, 1.82) is 0 Å². The zero-order valence-electron chi connectivity index (χ0n) is 12.0. The molecule has 0 aliphatic heterocycles. The number of carbonyl (C=O) groups is 1. The highest BCUT2D eigenvalue weighted by Gasteiger charge is 2.00. The van der Waals surface area contributed by atoms with Crippen molar-refractivity contribution >= 4 is 17.4 Å². The summed E-state index contributed by atoms with van der Waals surface area (Å²) in [6.07, 6.45) is 1.73. The molecule has 0 bridgehead atoms. The van der Waals surface area contributed by atoms with Crippen LogP contribution in [-0.2, 0) is 6.42 Å². The highest BCUT2D eigenvalue weighted by Crippen LogP contribution is 2.05. The van der Waals surface area contributed by atoms with E-state index in [1.165, 1.54) is 5.56 Å². The van der Waals surface area contributed by atoms with Crippen LogP contribution in [0.5, 0.6) is 0 Å². The summed E-state index contributed by atoms with van der Waals surface area (Å²) >= 11 is 0. The van der Waals surface area contributed by atoms with Gasteiger partial charge in [-0.1, -0.05) is 48.5 Å². The maximum absolute atomic E-state index is 11.7. The number of para-hydroxylation sites is 1. The molecule has 21 heavy (non-hydrogen) atoms. The van der Waals surface area contributed by atoms with Crippen molar-refractivity contribution in [3.63, 3.8) is 0 Å². The minimum atomic E-state index is -0.333. The molecular weight excluding hydrogens is 262 g/mol. The average Bonchev–Trinajstić information content (AvgIpc) is 2.53. The molecule has 2 N–H and O–H groups in total. The van der Waals surface area contributed by atoms with Gasteiger partial charge in [0.2, 0.25) is 0 Å². The van der Waals surface area contributed by atoms with Crippen LogP contribution in [0.4, 0.5) is 10.5 Å². The van der Waals surface area contributed by atoms with Gasteiger partial charge < -0.3 is 5.32 Å². The van der Waals surface area contributed by atoms with Crippen molar-refractivity contribution in [2.45, 2.75) is 19.8 Å². The second kappa shape index (κ2) is 7.85. The molecule has 0 unspecified atom stereocenters. The van der Waals surface area contributed by atoms with Crippen LogP contribution >= 0.6 is 0 Å². The molecule has 0 spiro atoms. The van der Waals surface area contributed by atoms with Crippen molar-refractivity contribution in [1.82, 2.24) is 5.43 Å². The lowest BCUT2D eigenvalue weighted by molar-refractivity contribution is 0.252. The van der Waals surface area contributed by atoms with Gasteiger partial charge in [-0.15, -0.1) is 0 Å². The van der Waals surface area contributed by atoms with Gasteiger partial charge >= 0.3 is 6.03 Å². The van der Waals surface area contributed by atoms with Crippen LogP contribution in [0.25, 0.3) is 0 Å². The Morgan fingerprint density at radius 3 is 2.29 bits per heavy atom. The molecule has 2 rings (SSSR count). The summed E-state index contributed by atoms with van der Waals surface area (Å²) in [7, 11) is 0. The summed E-state index contributed by atoms with van der Waals surface area (Å²) in [5.74, 6) is 0. The number of hydrogen-bond acceptors (Lipinski definition) is 2. The molecule has 0 saturated heterocycles. The van der Waals surface area contributed by atoms with Crippen molar-refractivity contribution in [2.24, 2.45) is 5.10 Å². The zero-order chi connectivity index (χ0) is 14.9. The van der Waals surface area contributed by atoms with Gasteiger partial charge in [0, 0.05) is 11.4 Å². The SMILES string of the molecule is C/C(CCc1ccccc1)=N/NC(=O)Nc1ccccc1. The number of hydrogen-bond donors (Lipinski definition) is 2. The third-order valence-electron chi connectivity index (χ3n) is 3.00. The van der Waals surface area contributed by atoms with E-state index < -0.39 is 0 Å². The Balaban J connectivity index is 1.76. The number of nitrogens with one attached hydrogen (secondary N) is 2. The monoisotopic (exact) mass is 281 g/mol. The van der Waals surface area contributed by atoms with Gasteiger partial charge in [-0.25, -0.2) is 10.2 Å². The van der Waals surface area contributed by atoms with E-state index in [2.05, 4.69) is 28.0 Å². The van der Waals surface area contributed by atoms with Crippen LogP contribution in [0.2, 0.25) is 0 Å². The van der Waals surface area contributed by atoms with E-state index in [1.807, 2.05) is 55.5 Å². The predicted octanol–water partition coefficient (Wildman–Crippen LogP) is 3.82. The summed E-state index contributed by atoms with van der Waals surface area (Å²) < 4.78 is 0. The first-order chi connectivity index (χ1) is 10.2. The molecule has 108 valence electrons. The maximum atomic E-state index is 11.7. The number of anilines is 1. The molecule has 0 atom stereocenters. The molecule has 2 amide bonds. The number of hydrazone groups is 1. The highest BCUT2D eigenvalue weighted by atomic mass is 16.2. The lowest BCUT2D eigenvalue weighted by Gasteiger charge is -2.05. The van der Waals surface area contributed by atoms with Crippen molar-refractivity contribution in [3.8, 4) is 0 Å². The second-order valence-electron chi connectivity index (χ2n) is 4.76. The number of amides is 2. The fourth-order valence-electron chi connectivity index (χ4n) is 1.85. The fraction of sp³-hybridized carbons (Fsp3) is 0.176. The Bertz CT molecular complexity index is 594. The molecule has 0 aromatic heterocycles. The van der Waals surface area contributed by atoms with Gasteiger partial charge in [0.15, 0.2) is 0 Å². The summed E-state index contributed by atoms with van der Waals surface area (Å²) in [5, 5.41) is 6.80. The van der Waals surface area contributed by atoms with Crippen LogP contribution < -0.4 is 10.7 Å². The predicted molar refractivity (Wildman–Crippen MR) is 86.5 cm³/mol. The van der Waals surface area contributed by atoms with Gasteiger partial charge in [0.1, 0.15) is 0 Å². The van der Waals surface area contributed by atoms with E-state index in [0.717, 1.165) is 24.2 Å². The highest BCUT2D eigenvalue weighted by molar-refractivity contribution is 5.90. The van der Waals surface area contributed by atoms with E-state index in [-0.39, 0.29) is 6.03 Å². The van der Waals surface area contributed by atoms with Crippen molar-refractivity contribution in [2.75, 3.05) is 5.32 Å². The van der Waals surface area contributed by atoms with E-state index in [4.69, 9.17) is 0 Å². The Labute approximate surface area is 124 Å². The molecule has 0 heterocycles. The van der Waals surface area contributed by atoms with Gasteiger partial charge in [-0.05, 0) is 37.5 Å². The Morgan fingerprint density at radius 2 is 1.62 bits per heavy atom.